The largest absolute Gasteiger partial charge is 0.480 e. The molecule has 1 aliphatic carbocycles. The summed E-state index contributed by atoms with van der Waals surface area (Å²) in [5.74, 6) is -0.510. The highest BCUT2D eigenvalue weighted by Crippen LogP contribution is 2.33. The fraction of sp³-hybridized carbons (Fsp3) is 0.435. The number of aromatic nitrogens is 1. The van der Waals surface area contributed by atoms with Crippen LogP contribution >= 0.6 is 0 Å². The fourth-order valence-electron chi connectivity index (χ4n) is 4.12. The molecule has 4 rings (SSSR count). The van der Waals surface area contributed by atoms with E-state index in [1.165, 1.54) is 6.92 Å². The Bertz CT molecular complexity index is 1070. The number of fused-ring (bicyclic) bond motifs is 2. The Morgan fingerprint density at radius 3 is 2.61 bits per heavy atom. The summed E-state index contributed by atoms with van der Waals surface area (Å²) in [6.07, 6.45) is 5.74. The molecule has 0 fully saturated rings. The Labute approximate surface area is 179 Å². The van der Waals surface area contributed by atoms with E-state index in [1.54, 1.807) is 10.6 Å². The summed E-state index contributed by atoms with van der Waals surface area (Å²) in [6.45, 7) is 1.85. The van der Waals surface area contributed by atoms with Crippen LogP contribution in [0.3, 0.4) is 0 Å². The average molecular weight is 426 g/mol. The van der Waals surface area contributed by atoms with Gasteiger partial charge in [0.25, 0.3) is 11.5 Å². The molecule has 1 atom stereocenters. The Kier molecular flexibility index (Phi) is 5.97. The molecule has 2 aliphatic rings. The molecule has 0 saturated heterocycles. The fourth-order valence-corrected chi connectivity index (χ4v) is 4.12. The first kappa shape index (κ1) is 21.0. The maximum absolute atomic E-state index is 13.4. The zero-order valence-electron chi connectivity index (χ0n) is 17.5. The second-order valence-electron chi connectivity index (χ2n) is 8.06. The molecule has 0 saturated carbocycles. The molecular weight excluding hydrogens is 400 g/mol. The number of amides is 1. The molecule has 164 valence electrons. The summed E-state index contributed by atoms with van der Waals surface area (Å²) in [5, 5.41) is 11.5. The number of benzene rings is 1. The molecule has 0 unspecified atom stereocenters. The number of carboxylic acid groups (broad SMARTS) is 1. The lowest BCUT2D eigenvalue weighted by molar-refractivity contribution is -0.138. The van der Waals surface area contributed by atoms with Crippen LogP contribution in [0.15, 0.2) is 29.1 Å². The minimum absolute atomic E-state index is 0.0202. The van der Waals surface area contributed by atoms with Gasteiger partial charge in [-0.1, -0.05) is 18.9 Å². The SMILES string of the molecule is C[C@@H](NC(=O)c1cc2c(n(Cc3ccc4c(c3)OCO4)c1=O)CCCCCC2)C(=O)O. The van der Waals surface area contributed by atoms with Gasteiger partial charge in [0.1, 0.15) is 11.6 Å². The third kappa shape index (κ3) is 4.42. The summed E-state index contributed by atoms with van der Waals surface area (Å²) in [5.41, 5.74) is 2.37. The maximum atomic E-state index is 13.4. The van der Waals surface area contributed by atoms with Crippen molar-refractivity contribution < 1.29 is 24.2 Å². The van der Waals surface area contributed by atoms with Crippen LogP contribution in [0, 0.1) is 0 Å². The van der Waals surface area contributed by atoms with Crippen LogP contribution in [0.5, 0.6) is 11.5 Å². The van der Waals surface area contributed by atoms with Crippen LogP contribution < -0.4 is 20.3 Å². The van der Waals surface area contributed by atoms with Crippen molar-refractivity contribution in [3.8, 4) is 11.5 Å². The summed E-state index contributed by atoms with van der Waals surface area (Å²) in [4.78, 5) is 37.3. The van der Waals surface area contributed by atoms with Gasteiger partial charge in [-0.15, -0.1) is 0 Å². The molecule has 8 nitrogen and oxygen atoms in total. The lowest BCUT2D eigenvalue weighted by atomic mass is 9.95. The summed E-state index contributed by atoms with van der Waals surface area (Å²) < 4.78 is 12.5. The molecule has 1 amide bonds. The van der Waals surface area contributed by atoms with E-state index in [9.17, 15) is 14.4 Å². The molecular formula is C23H26N2O6. The molecule has 1 aliphatic heterocycles. The van der Waals surface area contributed by atoms with Crippen molar-refractivity contribution in [1.29, 1.82) is 0 Å². The summed E-state index contributed by atoms with van der Waals surface area (Å²) in [7, 11) is 0. The minimum Gasteiger partial charge on any atom is -0.480 e. The van der Waals surface area contributed by atoms with Crippen LogP contribution in [0.25, 0.3) is 0 Å². The standard InChI is InChI=1S/C23H26N2O6/c1-14(23(28)29)24-21(26)17-11-16-6-4-2-3-5-7-18(16)25(22(17)27)12-15-8-9-19-20(10-15)31-13-30-19/h8-11,14H,2-7,12-13H2,1H3,(H,24,26)(H,28,29)/t14-/m1/s1. The number of nitrogens with zero attached hydrogens (tertiary/aromatic N) is 1. The van der Waals surface area contributed by atoms with Crippen LogP contribution in [-0.2, 0) is 24.2 Å². The number of aryl methyl sites for hydroxylation is 1. The maximum Gasteiger partial charge on any atom is 0.325 e. The number of rotatable bonds is 5. The lowest BCUT2D eigenvalue weighted by Crippen LogP contribution is -2.42. The Hall–Kier alpha value is -3.29. The van der Waals surface area contributed by atoms with Gasteiger partial charge in [0.2, 0.25) is 6.79 Å². The molecule has 0 spiro atoms. The molecule has 2 heterocycles. The van der Waals surface area contributed by atoms with Gasteiger partial charge in [0.15, 0.2) is 11.5 Å². The van der Waals surface area contributed by atoms with Crippen LogP contribution in [-0.4, -0.2) is 34.4 Å². The molecule has 31 heavy (non-hydrogen) atoms. The number of nitrogens with one attached hydrogen (secondary N) is 1. The number of pyridine rings is 1. The van der Waals surface area contributed by atoms with E-state index in [2.05, 4.69) is 5.32 Å². The van der Waals surface area contributed by atoms with Crippen LogP contribution in [0.1, 0.15) is 59.8 Å². The van der Waals surface area contributed by atoms with Crippen molar-refractivity contribution in [2.45, 2.75) is 58.0 Å². The van der Waals surface area contributed by atoms with Gasteiger partial charge in [-0.3, -0.25) is 14.4 Å². The van der Waals surface area contributed by atoms with E-state index in [4.69, 9.17) is 14.6 Å². The summed E-state index contributed by atoms with van der Waals surface area (Å²) in [6, 6.07) is 6.12. The monoisotopic (exact) mass is 426 g/mol. The Morgan fingerprint density at radius 1 is 1.10 bits per heavy atom. The predicted octanol–water partition coefficient (Wildman–Crippen LogP) is 2.49. The van der Waals surface area contributed by atoms with Crippen LogP contribution in [0.2, 0.25) is 0 Å². The van der Waals surface area contributed by atoms with Gasteiger partial charge in [0.05, 0.1) is 6.54 Å². The molecule has 0 radical (unpaired) electrons. The number of ether oxygens (including phenoxy) is 2. The van der Waals surface area contributed by atoms with Crippen LogP contribution in [0.4, 0.5) is 0 Å². The molecule has 1 aromatic heterocycles. The predicted molar refractivity (Wildman–Crippen MR) is 113 cm³/mol. The zero-order chi connectivity index (χ0) is 22.0. The number of hydrogen-bond donors (Lipinski definition) is 2. The van der Waals surface area contributed by atoms with E-state index in [-0.39, 0.29) is 12.4 Å². The average Bonchev–Trinajstić information content (AvgIpc) is 3.18. The number of carbonyl (C=O) groups excluding carboxylic acids is 1. The second kappa shape index (κ2) is 8.83. The first-order chi connectivity index (χ1) is 14.9. The lowest BCUT2D eigenvalue weighted by Gasteiger charge is -2.21. The third-order valence-corrected chi connectivity index (χ3v) is 5.84. The van der Waals surface area contributed by atoms with Crippen molar-refractivity contribution >= 4 is 11.9 Å². The number of hydrogen-bond acceptors (Lipinski definition) is 5. The quantitative estimate of drug-likeness (QED) is 0.761. The highest BCUT2D eigenvalue weighted by molar-refractivity contribution is 5.96. The smallest absolute Gasteiger partial charge is 0.325 e. The van der Waals surface area contributed by atoms with E-state index in [1.807, 2.05) is 18.2 Å². The van der Waals surface area contributed by atoms with Crippen molar-refractivity contribution in [2.75, 3.05) is 6.79 Å². The number of carboxylic acids is 1. The topological polar surface area (TPSA) is 107 Å². The van der Waals surface area contributed by atoms with Gasteiger partial charge in [-0.2, -0.15) is 0 Å². The summed E-state index contributed by atoms with van der Waals surface area (Å²) >= 11 is 0. The Morgan fingerprint density at radius 2 is 1.84 bits per heavy atom. The van der Waals surface area contributed by atoms with Gasteiger partial charge >= 0.3 is 5.97 Å². The van der Waals surface area contributed by atoms with Gasteiger partial charge in [-0.05, 0) is 61.9 Å². The number of aliphatic carboxylic acids is 1. The molecule has 2 aromatic rings. The second-order valence-corrected chi connectivity index (χ2v) is 8.06. The van der Waals surface area contributed by atoms with Crippen molar-refractivity contribution in [3.63, 3.8) is 0 Å². The van der Waals surface area contributed by atoms with E-state index < -0.39 is 23.5 Å². The first-order valence-corrected chi connectivity index (χ1v) is 10.6. The van der Waals surface area contributed by atoms with E-state index in [0.717, 1.165) is 55.3 Å². The van der Waals surface area contributed by atoms with E-state index in [0.29, 0.717) is 18.0 Å². The highest BCUT2D eigenvalue weighted by atomic mass is 16.7. The minimum atomic E-state index is -1.15. The molecule has 2 N–H and O–H groups in total. The number of carbonyl (C=O) groups is 2. The van der Waals surface area contributed by atoms with Crippen molar-refractivity contribution in [1.82, 2.24) is 9.88 Å². The van der Waals surface area contributed by atoms with Crippen molar-refractivity contribution in [3.05, 3.63) is 57.0 Å². The normalized spacial score (nSPS) is 16.0. The first-order valence-electron chi connectivity index (χ1n) is 10.6. The van der Waals surface area contributed by atoms with Gasteiger partial charge in [0, 0.05) is 5.69 Å². The molecule has 0 bridgehead atoms. The van der Waals surface area contributed by atoms with Crippen molar-refractivity contribution in [2.24, 2.45) is 0 Å². The van der Waals surface area contributed by atoms with Gasteiger partial charge in [-0.25, -0.2) is 0 Å². The van der Waals surface area contributed by atoms with E-state index >= 15 is 0 Å². The molecule has 8 heteroatoms. The van der Waals surface area contributed by atoms with Gasteiger partial charge < -0.3 is 24.5 Å². The molecule has 1 aromatic carbocycles. The zero-order valence-corrected chi connectivity index (χ0v) is 17.5. The third-order valence-electron chi connectivity index (χ3n) is 5.84. The Balaban J connectivity index is 1.76. The highest BCUT2D eigenvalue weighted by Gasteiger charge is 2.23.